The molecule has 0 atom stereocenters. The summed E-state index contributed by atoms with van der Waals surface area (Å²) in [6.07, 6.45) is 1.63. The van der Waals surface area contributed by atoms with Crippen LogP contribution >= 0.6 is 0 Å². The maximum absolute atomic E-state index is 12.6. The lowest BCUT2D eigenvalue weighted by atomic mass is 10.0. The van der Waals surface area contributed by atoms with E-state index in [0.717, 1.165) is 10.8 Å². The largest absolute Gasteiger partial charge is 0.427 e. The third-order valence-electron chi connectivity index (χ3n) is 3.27. The lowest BCUT2D eigenvalue weighted by Gasteiger charge is -2.06. The topological polar surface area (TPSA) is 56.3 Å². The Morgan fingerprint density at radius 3 is 2.41 bits per heavy atom. The smallest absolute Gasteiger partial charge is 0.308 e. The Hall–Kier alpha value is -3.01. The average Bonchev–Trinajstić information content (AvgIpc) is 2.54. The molecule has 0 saturated heterocycles. The molecule has 2 aromatic carbocycles. The molecule has 3 aromatic rings. The number of ether oxygens (including phenoxy) is 1. The van der Waals surface area contributed by atoms with Crippen LogP contribution in [0.2, 0.25) is 0 Å². The van der Waals surface area contributed by atoms with Gasteiger partial charge in [-0.1, -0.05) is 24.3 Å². The Labute approximate surface area is 127 Å². The van der Waals surface area contributed by atoms with E-state index in [2.05, 4.69) is 4.98 Å². The average molecular weight is 291 g/mol. The van der Waals surface area contributed by atoms with E-state index in [9.17, 15) is 9.59 Å². The fraction of sp³-hybridized carbons (Fsp3) is 0.0556. The van der Waals surface area contributed by atoms with E-state index in [4.69, 9.17) is 4.74 Å². The van der Waals surface area contributed by atoms with Crippen LogP contribution in [0.3, 0.4) is 0 Å². The van der Waals surface area contributed by atoms with Crippen molar-refractivity contribution in [1.82, 2.24) is 4.98 Å². The van der Waals surface area contributed by atoms with Crippen LogP contribution in [0.25, 0.3) is 10.8 Å². The number of esters is 1. The zero-order chi connectivity index (χ0) is 15.5. The molecule has 1 aromatic heterocycles. The first kappa shape index (κ1) is 13.9. The summed E-state index contributed by atoms with van der Waals surface area (Å²) in [7, 11) is 0. The van der Waals surface area contributed by atoms with Crippen LogP contribution in [0.1, 0.15) is 23.0 Å². The van der Waals surface area contributed by atoms with E-state index in [1.165, 1.54) is 6.92 Å². The van der Waals surface area contributed by atoms with Crippen molar-refractivity contribution in [2.75, 3.05) is 0 Å². The Morgan fingerprint density at radius 1 is 0.955 bits per heavy atom. The fourth-order valence-corrected chi connectivity index (χ4v) is 2.28. The second-order valence-electron chi connectivity index (χ2n) is 4.83. The summed E-state index contributed by atoms with van der Waals surface area (Å²) < 4.78 is 4.96. The molecule has 0 N–H and O–H groups in total. The molecule has 1 heterocycles. The first-order chi connectivity index (χ1) is 10.6. The second kappa shape index (κ2) is 5.77. The van der Waals surface area contributed by atoms with Gasteiger partial charge < -0.3 is 4.74 Å². The molecule has 0 saturated carbocycles. The number of hydrogen-bond acceptors (Lipinski definition) is 4. The molecule has 4 nitrogen and oxygen atoms in total. The van der Waals surface area contributed by atoms with Gasteiger partial charge in [-0.25, -0.2) is 0 Å². The number of hydrogen-bond donors (Lipinski definition) is 0. The minimum absolute atomic E-state index is 0.161. The highest BCUT2D eigenvalue weighted by molar-refractivity contribution is 6.14. The van der Waals surface area contributed by atoms with Crippen LogP contribution in [0.15, 0.2) is 60.8 Å². The summed E-state index contributed by atoms with van der Waals surface area (Å²) in [4.78, 5) is 27.7. The second-order valence-corrected chi connectivity index (χ2v) is 4.83. The van der Waals surface area contributed by atoms with Crippen LogP contribution < -0.4 is 4.74 Å². The Balaban J connectivity index is 1.97. The highest BCUT2D eigenvalue weighted by Gasteiger charge is 2.14. The van der Waals surface area contributed by atoms with Gasteiger partial charge >= 0.3 is 5.97 Å². The minimum Gasteiger partial charge on any atom is -0.427 e. The molecule has 0 unspecified atom stereocenters. The highest BCUT2D eigenvalue weighted by atomic mass is 16.5. The van der Waals surface area contributed by atoms with Crippen molar-refractivity contribution >= 4 is 22.5 Å². The molecule has 0 bridgehead atoms. The fourth-order valence-electron chi connectivity index (χ4n) is 2.28. The van der Waals surface area contributed by atoms with Crippen molar-refractivity contribution < 1.29 is 14.3 Å². The summed E-state index contributed by atoms with van der Waals surface area (Å²) in [6.45, 7) is 1.33. The summed E-state index contributed by atoms with van der Waals surface area (Å²) >= 11 is 0. The standard InChI is InChI=1S/C18H13NO3/c1-12(20)22-15-8-6-14(7-9-15)18(21)17-16-5-3-2-4-13(16)10-11-19-17/h2-11H,1H3. The SMILES string of the molecule is CC(=O)Oc1ccc(C(=O)c2nccc3ccccc23)cc1. The van der Waals surface area contributed by atoms with Gasteiger partial charge in [-0.2, -0.15) is 0 Å². The van der Waals surface area contributed by atoms with Crippen molar-refractivity contribution in [2.45, 2.75) is 6.92 Å². The Bertz CT molecular complexity index is 848. The van der Waals surface area contributed by atoms with Gasteiger partial charge in [0.1, 0.15) is 11.4 Å². The number of carbonyl (C=O) groups excluding carboxylic acids is 2. The van der Waals surface area contributed by atoms with E-state index in [-0.39, 0.29) is 5.78 Å². The van der Waals surface area contributed by atoms with Gasteiger partial charge in [0.2, 0.25) is 5.78 Å². The molecule has 0 spiro atoms. The molecular formula is C18H13NO3. The molecule has 3 rings (SSSR count). The maximum Gasteiger partial charge on any atom is 0.308 e. The van der Waals surface area contributed by atoms with Crippen LogP contribution in [0.5, 0.6) is 5.75 Å². The van der Waals surface area contributed by atoms with Crippen molar-refractivity contribution in [3.8, 4) is 5.75 Å². The molecule has 0 aliphatic rings. The molecule has 0 radical (unpaired) electrons. The number of ketones is 1. The van der Waals surface area contributed by atoms with E-state index >= 15 is 0 Å². The van der Waals surface area contributed by atoms with Gasteiger partial charge in [-0.15, -0.1) is 0 Å². The summed E-state index contributed by atoms with van der Waals surface area (Å²) in [5, 5.41) is 1.79. The molecule has 0 fully saturated rings. The van der Waals surface area contributed by atoms with Crippen molar-refractivity contribution in [3.63, 3.8) is 0 Å². The van der Waals surface area contributed by atoms with Crippen molar-refractivity contribution in [2.24, 2.45) is 0 Å². The van der Waals surface area contributed by atoms with Gasteiger partial charge in [0.25, 0.3) is 0 Å². The summed E-state index contributed by atoms with van der Waals surface area (Å²) in [5.41, 5.74) is 0.915. The van der Waals surface area contributed by atoms with Crippen LogP contribution in [-0.4, -0.2) is 16.7 Å². The van der Waals surface area contributed by atoms with Gasteiger partial charge in [-0.3, -0.25) is 14.6 Å². The minimum atomic E-state index is -0.394. The van der Waals surface area contributed by atoms with Gasteiger partial charge in [-0.05, 0) is 35.7 Å². The third kappa shape index (κ3) is 2.72. The number of carbonyl (C=O) groups is 2. The number of fused-ring (bicyclic) bond motifs is 1. The predicted molar refractivity (Wildman–Crippen MR) is 82.9 cm³/mol. The molecule has 108 valence electrons. The van der Waals surface area contributed by atoms with Crippen LogP contribution in [-0.2, 0) is 4.79 Å². The monoisotopic (exact) mass is 291 g/mol. The van der Waals surface area contributed by atoms with Gasteiger partial charge in [0.05, 0.1) is 0 Å². The maximum atomic E-state index is 12.6. The van der Waals surface area contributed by atoms with E-state index in [0.29, 0.717) is 17.0 Å². The van der Waals surface area contributed by atoms with Crippen molar-refractivity contribution in [1.29, 1.82) is 0 Å². The lowest BCUT2D eigenvalue weighted by molar-refractivity contribution is -0.131. The van der Waals surface area contributed by atoms with E-state index < -0.39 is 5.97 Å². The molecule has 0 aliphatic heterocycles. The Morgan fingerprint density at radius 2 is 1.68 bits per heavy atom. The quantitative estimate of drug-likeness (QED) is 0.421. The third-order valence-corrected chi connectivity index (χ3v) is 3.27. The van der Waals surface area contributed by atoms with E-state index in [1.807, 2.05) is 30.3 Å². The number of nitrogens with zero attached hydrogens (tertiary/aromatic N) is 1. The van der Waals surface area contributed by atoms with Crippen LogP contribution in [0, 0.1) is 0 Å². The highest BCUT2D eigenvalue weighted by Crippen LogP contribution is 2.20. The summed E-state index contributed by atoms with van der Waals surface area (Å²) in [5.74, 6) is -0.143. The normalized spacial score (nSPS) is 10.4. The molecular weight excluding hydrogens is 278 g/mol. The lowest BCUT2D eigenvalue weighted by Crippen LogP contribution is -2.05. The molecule has 0 amide bonds. The molecule has 4 heteroatoms. The Kier molecular flexibility index (Phi) is 3.66. The number of benzene rings is 2. The summed E-state index contributed by atoms with van der Waals surface area (Å²) in [6, 6.07) is 15.9. The van der Waals surface area contributed by atoms with Crippen LogP contribution in [0.4, 0.5) is 0 Å². The number of pyridine rings is 1. The molecule has 22 heavy (non-hydrogen) atoms. The van der Waals surface area contributed by atoms with Gasteiger partial charge in [0.15, 0.2) is 0 Å². The zero-order valence-electron chi connectivity index (χ0n) is 11.9. The predicted octanol–water partition coefficient (Wildman–Crippen LogP) is 3.39. The molecule has 0 aliphatic carbocycles. The zero-order valence-corrected chi connectivity index (χ0v) is 11.9. The number of aromatic nitrogens is 1. The van der Waals surface area contributed by atoms with Crippen molar-refractivity contribution in [3.05, 3.63) is 72.1 Å². The first-order valence-electron chi connectivity index (χ1n) is 6.82. The van der Waals surface area contributed by atoms with E-state index in [1.54, 1.807) is 30.5 Å². The first-order valence-corrected chi connectivity index (χ1v) is 6.82. The number of rotatable bonds is 3. The van der Waals surface area contributed by atoms with Gasteiger partial charge in [0, 0.05) is 24.1 Å².